The molecule has 1 amide bonds. The van der Waals surface area contributed by atoms with Crippen LogP contribution in [0.4, 0.5) is 20.5 Å². The first-order valence-electron chi connectivity index (χ1n) is 13.9. The average molecular weight is 626 g/mol. The number of aliphatic hydroxyl groups is 1. The summed E-state index contributed by atoms with van der Waals surface area (Å²) in [6, 6.07) is 8.39. The number of nitriles is 1. The number of hydrogen-bond acceptors (Lipinski definition) is 12. The number of halogens is 1. The molecule has 0 spiro atoms. The van der Waals surface area contributed by atoms with Crippen LogP contribution in [0.5, 0.6) is 0 Å². The van der Waals surface area contributed by atoms with Crippen molar-refractivity contribution in [3.8, 4) is 17.3 Å². The van der Waals surface area contributed by atoms with E-state index in [0.717, 1.165) is 41.1 Å². The Hall–Kier alpha value is -3.68. The molecule has 1 N–H and O–H groups in total. The molecule has 3 aromatic heterocycles. The molecule has 0 saturated carbocycles. The summed E-state index contributed by atoms with van der Waals surface area (Å²) >= 11 is 2.76. The van der Waals surface area contributed by atoms with Gasteiger partial charge in [0.1, 0.15) is 22.5 Å². The fourth-order valence-electron chi connectivity index (χ4n) is 5.40. The van der Waals surface area contributed by atoms with Gasteiger partial charge in [0.25, 0.3) is 0 Å². The number of benzene rings is 1. The number of anilines is 3. The number of aliphatic hydroxyl groups excluding tert-OH is 1. The highest BCUT2D eigenvalue weighted by Crippen LogP contribution is 2.38. The van der Waals surface area contributed by atoms with Crippen LogP contribution in [-0.4, -0.2) is 113 Å². The maximum Gasteiger partial charge on any atom is 0.236 e. The topological polar surface area (TPSA) is 126 Å². The van der Waals surface area contributed by atoms with Gasteiger partial charge in [0.15, 0.2) is 10.9 Å². The molecule has 4 aromatic rings. The summed E-state index contributed by atoms with van der Waals surface area (Å²) in [6.07, 6.45) is 1.07. The Morgan fingerprint density at radius 3 is 2.67 bits per heavy atom. The second-order valence-corrected chi connectivity index (χ2v) is 12.7. The molecule has 0 unspecified atom stereocenters. The monoisotopic (exact) mass is 625 g/mol. The first-order valence-corrected chi connectivity index (χ1v) is 15.6. The van der Waals surface area contributed by atoms with Crippen molar-refractivity contribution < 1.29 is 19.0 Å². The number of likely N-dealkylation sites (tertiary alicyclic amines) is 1. The maximum absolute atomic E-state index is 13.5. The summed E-state index contributed by atoms with van der Waals surface area (Å²) in [5.41, 5.74) is 1.98. The number of methoxy groups -OCH3 is 1. The Bertz CT molecular complexity index is 1660. The fraction of sp³-hybridized carbons (Fsp3) is 0.464. The number of carbonyl (C=O) groups excluding carboxylic acids is 1. The normalized spacial score (nSPS) is 17.2. The summed E-state index contributed by atoms with van der Waals surface area (Å²) in [6.45, 7) is 3.18. The predicted octanol–water partition coefficient (Wildman–Crippen LogP) is 2.60. The number of thiazole rings is 1. The standard InChI is InChI=1S/C28H32FN9O3S2/c1-34(16-23(40)37-14-20(39)15-37)19-8-10-36(13-19)28-33-38-25(21(9-11-41-3)31-27(38)43-28)35(2)26-32-24(22(12-30)42-26)17-4-6-18(29)7-5-17/h4-7,19-20,39H,8-11,13-16H2,1-3H3/t19-/m1/s1. The number of imidazole rings is 1. The van der Waals surface area contributed by atoms with Gasteiger partial charge in [-0.2, -0.15) is 9.78 Å². The average Bonchev–Trinajstić information content (AvgIpc) is 3.76. The zero-order valence-electron chi connectivity index (χ0n) is 24.1. The van der Waals surface area contributed by atoms with Crippen LogP contribution in [0.15, 0.2) is 24.3 Å². The first-order chi connectivity index (χ1) is 20.7. The van der Waals surface area contributed by atoms with Crippen molar-refractivity contribution in [3.05, 3.63) is 40.7 Å². The van der Waals surface area contributed by atoms with Crippen LogP contribution in [0.2, 0.25) is 0 Å². The van der Waals surface area contributed by atoms with Crippen molar-refractivity contribution in [3.63, 3.8) is 0 Å². The number of β-amino-alcohol motifs (C(OH)–C–C–N with tert-alkyl or cyclic N) is 1. The summed E-state index contributed by atoms with van der Waals surface area (Å²) in [4.78, 5) is 31.3. The SMILES string of the molecule is COCCc1nc2sc(N3CC[C@@H](N(C)CC(=O)N4CC(O)C4)C3)nn2c1N(C)c1nc(-c2ccc(F)cc2)c(C#N)s1. The van der Waals surface area contributed by atoms with E-state index < -0.39 is 6.10 Å². The Morgan fingerprint density at radius 2 is 1.98 bits per heavy atom. The van der Waals surface area contributed by atoms with E-state index in [1.165, 1.54) is 34.8 Å². The third kappa shape index (κ3) is 5.80. The number of amides is 1. The smallest absolute Gasteiger partial charge is 0.236 e. The van der Waals surface area contributed by atoms with Crippen molar-refractivity contribution in [1.82, 2.24) is 29.4 Å². The van der Waals surface area contributed by atoms with Crippen LogP contribution >= 0.6 is 22.7 Å². The van der Waals surface area contributed by atoms with Crippen molar-refractivity contribution >= 4 is 49.6 Å². The lowest BCUT2D eigenvalue weighted by molar-refractivity contribution is -0.142. The maximum atomic E-state index is 13.5. The molecule has 226 valence electrons. The third-order valence-electron chi connectivity index (χ3n) is 7.88. The van der Waals surface area contributed by atoms with Crippen LogP contribution in [0, 0.1) is 17.1 Å². The van der Waals surface area contributed by atoms with Crippen LogP contribution < -0.4 is 9.80 Å². The third-order valence-corrected chi connectivity index (χ3v) is 9.88. The Balaban J connectivity index is 1.24. The van der Waals surface area contributed by atoms with E-state index in [-0.39, 0.29) is 17.8 Å². The molecule has 1 atom stereocenters. The van der Waals surface area contributed by atoms with E-state index in [0.29, 0.717) is 53.9 Å². The molecule has 2 saturated heterocycles. The molecule has 1 aromatic carbocycles. The molecule has 12 nitrogen and oxygen atoms in total. The van der Waals surface area contributed by atoms with Crippen LogP contribution in [-0.2, 0) is 16.0 Å². The molecule has 0 aliphatic carbocycles. The van der Waals surface area contributed by atoms with Gasteiger partial charge >= 0.3 is 0 Å². The number of likely N-dealkylation sites (N-methyl/N-ethyl adjacent to an activating group) is 1. The number of nitrogens with zero attached hydrogens (tertiary/aromatic N) is 9. The quantitative estimate of drug-likeness (QED) is 0.281. The van der Waals surface area contributed by atoms with Crippen LogP contribution in [0.3, 0.4) is 0 Å². The number of hydrogen-bond donors (Lipinski definition) is 1. The van der Waals surface area contributed by atoms with Gasteiger partial charge in [0.05, 0.1) is 24.9 Å². The van der Waals surface area contributed by atoms with Crippen LogP contribution in [0.1, 0.15) is 17.0 Å². The highest BCUT2D eigenvalue weighted by atomic mass is 32.1. The van der Waals surface area contributed by atoms with Gasteiger partial charge in [-0.25, -0.2) is 14.4 Å². The van der Waals surface area contributed by atoms with Crippen molar-refractivity contribution in [2.24, 2.45) is 0 Å². The highest BCUT2D eigenvalue weighted by Gasteiger charge is 2.33. The predicted molar refractivity (Wildman–Crippen MR) is 163 cm³/mol. The summed E-state index contributed by atoms with van der Waals surface area (Å²) in [7, 11) is 5.49. The van der Waals surface area contributed by atoms with Gasteiger partial charge in [-0.05, 0) is 37.7 Å². The number of ether oxygens (including phenoxy) is 1. The summed E-state index contributed by atoms with van der Waals surface area (Å²) in [5, 5.41) is 25.7. The Morgan fingerprint density at radius 1 is 1.21 bits per heavy atom. The van der Waals surface area contributed by atoms with Gasteiger partial charge < -0.3 is 24.5 Å². The van der Waals surface area contributed by atoms with E-state index in [1.54, 1.807) is 24.1 Å². The number of aromatic nitrogens is 4. The van der Waals surface area contributed by atoms with Crippen LogP contribution in [0.25, 0.3) is 16.2 Å². The minimum atomic E-state index is -0.403. The van der Waals surface area contributed by atoms with E-state index in [9.17, 15) is 19.6 Å². The lowest BCUT2D eigenvalue weighted by Gasteiger charge is -2.37. The van der Waals surface area contributed by atoms with E-state index in [2.05, 4.69) is 15.9 Å². The minimum Gasteiger partial charge on any atom is -0.389 e. The van der Waals surface area contributed by atoms with Crippen molar-refractivity contribution in [2.75, 3.05) is 70.3 Å². The molecular weight excluding hydrogens is 594 g/mol. The molecule has 43 heavy (non-hydrogen) atoms. The number of rotatable bonds is 10. The largest absolute Gasteiger partial charge is 0.389 e. The molecule has 0 radical (unpaired) electrons. The van der Waals surface area contributed by atoms with Crippen molar-refractivity contribution in [1.29, 1.82) is 5.26 Å². The molecule has 5 heterocycles. The Kier molecular flexibility index (Phi) is 8.29. The molecule has 2 aliphatic heterocycles. The zero-order valence-corrected chi connectivity index (χ0v) is 25.7. The fourth-order valence-corrected chi connectivity index (χ4v) is 7.20. The molecule has 15 heteroatoms. The Labute approximate surface area is 256 Å². The lowest BCUT2D eigenvalue weighted by atomic mass is 10.1. The van der Waals surface area contributed by atoms with Gasteiger partial charge in [-0.15, -0.1) is 5.10 Å². The minimum absolute atomic E-state index is 0.0413. The van der Waals surface area contributed by atoms with Gasteiger partial charge in [0, 0.05) is 58.4 Å². The summed E-state index contributed by atoms with van der Waals surface area (Å²) < 4.78 is 20.7. The lowest BCUT2D eigenvalue weighted by Crippen LogP contribution is -2.56. The van der Waals surface area contributed by atoms with Gasteiger partial charge in [0.2, 0.25) is 16.0 Å². The number of fused-ring (bicyclic) bond motifs is 1. The van der Waals surface area contributed by atoms with Gasteiger partial charge in [-0.1, -0.05) is 22.7 Å². The molecule has 0 bridgehead atoms. The zero-order chi connectivity index (χ0) is 30.2. The second-order valence-electron chi connectivity index (χ2n) is 10.8. The first kappa shape index (κ1) is 29.4. The highest BCUT2D eigenvalue weighted by molar-refractivity contribution is 7.20. The summed E-state index contributed by atoms with van der Waals surface area (Å²) in [5.74, 6) is 0.434. The van der Waals surface area contributed by atoms with E-state index in [4.69, 9.17) is 19.8 Å². The molecule has 2 fully saturated rings. The van der Waals surface area contributed by atoms with E-state index in [1.807, 2.05) is 23.5 Å². The molecule has 6 rings (SSSR count). The van der Waals surface area contributed by atoms with Gasteiger partial charge in [-0.3, -0.25) is 9.69 Å². The number of carbonyl (C=O) groups is 1. The molecule has 2 aliphatic rings. The second kappa shape index (κ2) is 12.1. The van der Waals surface area contributed by atoms with E-state index >= 15 is 0 Å². The van der Waals surface area contributed by atoms with Crippen molar-refractivity contribution in [2.45, 2.75) is 25.0 Å². The molecular formula is C28H32FN9O3S2.